The molecule has 106 valence electrons. The summed E-state index contributed by atoms with van der Waals surface area (Å²) in [6.45, 7) is 3.08. The van der Waals surface area contributed by atoms with E-state index >= 15 is 0 Å². The molecule has 0 amide bonds. The van der Waals surface area contributed by atoms with Crippen molar-refractivity contribution in [2.75, 3.05) is 6.61 Å². The standard InChI is InChI=1S/C20H20O/c1-2-3-4-16-5-7-17(8-6-16)9-10-18-11-13-19(14-12-18)20-15-21-20/h5-8,11-14,20H,2-4,15H2,1H3. The molecule has 1 heterocycles. The zero-order chi connectivity index (χ0) is 14.5. The number of aryl methyl sites for hydroxylation is 1. The van der Waals surface area contributed by atoms with Gasteiger partial charge in [-0.3, -0.25) is 0 Å². The molecule has 21 heavy (non-hydrogen) atoms. The summed E-state index contributed by atoms with van der Waals surface area (Å²) in [4.78, 5) is 0. The van der Waals surface area contributed by atoms with Gasteiger partial charge >= 0.3 is 0 Å². The lowest BCUT2D eigenvalue weighted by Gasteiger charge is -1.99. The monoisotopic (exact) mass is 276 g/mol. The van der Waals surface area contributed by atoms with Crippen molar-refractivity contribution in [1.29, 1.82) is 0 Å². The van der Waals surface area contributed by atoms with Crippen LogP contribution in [0, 0.1) is 11.8 Å². The van der Waals surface area contributed by atoms with Crippen molar-refractivity contribution >= 4 is 0 Å². The minimum Gasteiger partial charge on any atom is -0.368 e. The Morgan fingerprint density at radius 1 is 0.952 bits per heavy atom. The van der Waals surface area contributed by atoms with Gasteiger partial charge in [0.2, 0.25) is 0 Å². The van der Waals surface area contributed by atoms with Gasteiger partial charge in [0.1, 0.15) is 6.10 Å². The lowest BCUT2D eigenvalue weighted by atomic mass is 10.1. The molecule has 0 spiro atoms. The van der Waals surface area contributed by atoms with Crippen LogP contribution in [0.3, 0.4) is 0 Å². The molecule has 0 aromatic heterocycles. The van der Waals surface area contributed by atoms with Gasteiger partial charge in [-0.25, -0.2) is 0 Å². The molecule has 3 rings (SSSR count). The van der Waals surface area contributed by atoms with Crippen molar-refractivity contribution in [3.63, 3.8) is 0 Å². The maximum absolute atomic E-state index is 5.27. The van der Waals surface area contributed by atoms with E-state index in [9.17, 15) is 0 Å². The zero-order valence-corrected chi connectivity index (χ0v) is 12.4. The molecule has 1 fully saturated rings. The van der Waals surface area contributed by atoms with E-state index in [1.165, 1.54) is 24.0 Å². The lowest BCUT2D eigenvalue weighted by Crippen LogP contribution is -1.85. The number of hydrogen-bond donors (Lipinski definition) is 0. The van der Waals surface area contributed by atoms with Crippen molar-refractivity contribution in [3.05, 3.63) is 70.8 Å². The molecule has 1 aliphatic heterocycles. The fourth-order valence-electron chi connectivity index (χ4n) is 2.30. The second kappa shape index (κ2) is 6.61. The zero-order valence-electron chi connectivity index (χ0n) is 12.4. The number of rotatable bonds is 4. The Morgan fingerprint density at radius 3 is 2.05 bits per heavy atom. The van der Waals surface area contributed by atoms with Crippen molar-refractivity contribution in [1.82, 2.24) is 0 Å². The van der Waals surface area contributed by atoms with E-state index in [0.717, 1.165) is 24.2 Å². The van der Waals surface area contributed by atoms with Crippen LogP contribution in [-0.2, 0) is 11.2 Å². The fourth-order valence-corrected chi connectivity index (χ4v) is 2.30. The first kappa shape index (κ1) is 13.9. The average Bonchev–Trinajstić information content (AvgIpc) is 3.37. The third kappa shape index (κ3) is 3.97. The van der Waals surface area contributed by atoms with Crippen LogP contribution in [0.1, 0.15) is 48.1 Å². The highest BCUT2D eigenvalue weighted by Crippen LogP contribution is 2.29. The predicted molar refractivity (Wildman–Crippen MR) is 86.2 cm³/mol. The molecule has 1 heteroatoms. The van der Waals surface area contributed by atoms with Crippen LogP contribution in [0.4, 0.5) is 0 Å². The maximum atomic E-state index is 5.27. The highest BCUT2D eigenvalue weighted by Gasteiger charge is 2.23. The van der Waals surface area contributed by atoms with E-state index in [1.807, 2.05) is 0 Å². The first-order chi connectivity index (χ1) is 10.3. The van der Waals surface area contributed by atoms with Gasteiger partial charge in [0.05, 0.1) is 6.61 Å². The summed E-state index contributed by atoms with van der Waals surface area (Å²) in [6, 6.07) is 17.0. The average molecular weight is 276 g/mol. The molecular formula is C20H20O. The van der Waals surface area contributed by atoms with Crippen LogP contribution in [0.5, 0.6) is 0 Å². The maximum Gasteiger partial charge on any atom is 0.106 e. The molecule has 1 unspecified atom stereocenters. The Kier molecular flexibility index (Phi) is 4.38. The van der Waals surface area contributed by atoms with E-state index in [2.05, 4.69) is 67.3 Å². The Morgan fingerprint density at radius 2 is 1.52 bits per heavy atom. The molecule has 0 radical (unpaired) electrons. The molecule has 1 saturated heterocycles. The number of benzene rings is 2. The SMILES string of the molecule is CCCCc1ccc(C#Cc2ccc(C3CO3)cc2)cc1. The molecule has 2 aromatic rings. The molecule has 2 aromatic carbocycles. The second-order valence-electron chi connectivity index (χ2n) is 5.49. The number of unbranched alkanes of at least 4 members (excludes halogenated alkanes) is 1. The highest BCUT2D eigenvalue weighted by atomic mass is 16.6. The second-order valence-corrected chi connectivity index (χ2v) is 5.49. The third-order valence-corrected chi connectivity index (χ3v) is 3.74. The number of hydrogen-bond acceptors (Lipinski definition) is 1. The van der Waals surface area contributed by atoms with Crippen molar-refractivity contribution < 1.29 is 4.74 Å². The van der Waals surface area contributed by atoms with Crippen molar-refractivity contribution in [2.45, 2.75) is 32.3 Å². The van der Waals surface area contributed by atoms with Gasteiger partial charge in [-0.2, -0.15) is 0 Å². The number of ether oxygens (including phenoxy) is 1. The molecule has 0 saturated carbocycles. The summed E-state index contributed by atoms with van der Waals surface area (Å²) < 4.78 is 5.27. The van der Waals surface area contributed by atoms with E-state index < -0.39 is 0 Å². The highest BCUT2D eigenvalue weighted by molar-refractivity contribution is 5.44. The Hall–Kier alpha value is -2.04. The summed E-state index contributed by atoms with van der Waals surface area (Å²) in [6.07, 6.45) is 3.98. The molecule has 1 aliphatic rings. The Balaban J connectivity index is 1.65. The molecule has 1 atom stereocenters. The quantitative estimate of drug-likeness (QED) is 0.591. The van der Waals surface area contributed by atoms with E-state index in [-0.39, 0.29) is 0 Å². The van der Waals surface area contributed by atoms with Crippen molar-refractivity contribution in [2.24, 2.45) is 0 Å². The largest absolute Gasteiger partial charge is 0.368 e. The van der Waals surface area contributed by atoms with Gasteiger partial charge in [0.15, 0.2) is 0 Å². The van der Waals surface area contributed by atoms with Crippen LogP contribution >= 0.6 is 0 Å². The van der Waals surface area contributed by atoms with Gasteiger partial charge in [0.25, 0.3) is 0 Å². The molecular weight excluding hydrogens is 256 g/mol. The van der Waals surface area contributed by atoms with E-state index in [4.69, 9.17) is 4.74 Å². The molecule has 1 nitrogen and oxygen atoms in total. The molecule has 0 N–H and O–H groups in total. The lowest BCUT2D eigenvalue weighted by molar-refractivity contribution is 0.415. The third-order valence-electron chi connectivity index (χ3n) is 3.74. The topological polar surface area (TPSA) is 12.5 Å². The van der Waals surface area contributed by atoms with E-state index in [0.29, 0.717) is 6.10 Å². The van der Waals surface area contributed by atoms with Crippen LogP contribution in [-0.4, -0.2) is 6.61 Å². The van der Waals surface area contributed by atoms with Gasteiger partial charge < -0.3 is 4.74 Å². The van der Waals surface area contributed by atoms with Crippen molar-refractivity contribution in [3.8, 4) is 11.8 Å². The first-order valence-corrected chi connectivity index (χ1v) is 7.67. The number of epoxide rings is 1. The summed E-state index contributed by atoms with van der Waals surface area (Å²) >= 11 is 0. The summed E-state index contributed by atoms with van der Waals surface area (Å²) in [7, 11) is 0. The summed E-state index contributed by atoms with van der Waals surface area (Å²) in [5.74, 6) is 6.45. The fraction of sp³-hybridized carbons (Fsp3) is 0.300. The van der Waals surface area contributed by atoms with Crippen LogP contribution in [0.15, 0.2) is 48.5 Å². The Bertz CT molecular complexity index is 637. The minimum absolute atomic E-state index is 0.322. The normalized spacial score (nSPS) is 16.1. The minimum atomic E-state index is 0.322. The first-order valence-electron chi connectivity index (χ1n) is 7.67. The summed E-state index contributed by atoms with van der Waals surface area (Å²) in [5, 5.41) is 0. The Labute approximate surface area is 127 Å². The predicted octanol–water partition coefficient (Wildman–Crippen LogP) is 4.50. The van der Waals surface area contributed by atoms with Gasteiger partial charge in [-0.15, -0.1) is 0 Å². The van der Waals surface area contributed by atoms with Gasteiger partial charge in [0, 0.05) is 11.1 Å². The summed E-state index contributed by atoms with van der Waals surface area (Å²) in [5.41, 5.74) is 4.77. The van der Waals surface area contributed by atoms with Crippen LogP contribution in [0.25, 0.3) is 0 Å². The van der Waals surface area contributed by atoms with Crippen LogP contribution in [0.2, 0.25) is 0 Å². The van der Waals surface area contributed by atoms with Crippen LogP contribution < -0.4 is 0 Å². The molecule has 0 aliphatic carbocycles. The molecule has 0 bridgehead atoms. The smallest absolute Gasteiger partial charge is 0.106 e. The van der Waals surface area contributed by atoms with Gasteiger partial charge in [-0.1, -0.05) is 49.5 Å². The van der Waals surface area contributed by atoms with Gasteiger partial charge in [-0.05, 0) is 48.2 Å². The van der Waals surface area contributed by atoms with E-state index in [1.54, 1.807) is 0 Å².